The Morgan fingerprint density at radius 2 is 1.04 bits per heavy atom. The molecule has 0 radical (unpaired) electrons. The first-order valence-corrected chi connectivity index (χ1v) is 22.2. The summed E-state index contributed by atoms with van der Waals surface area (Å²) in [5, 5.41) is 8.87. The lowest BCUT2D eigenvalue weighted by molar-refractivity contribution is -0.161. The number of allylic oxidation sites excluding steroid dienone is 8. The van der Waals surface area contributed by atoms with Crippen LogP contribution in [-0.2, 0) is 37.5 Å². The van der Waals surface area contributed by atoms with Crippen LogP contribution in [0.1, 0.15) is 168 Å². The number of esters is 2. The monoisotopic (exact) mass is 784 g/mol. The van der Waals surface area contributed by atoms with Gasteiger partial charge in [-0.3, -0.25) is 23.4 Å². The van der Waals surface area contributed by atoms with Crippen molar-refractivity contribution in [3.05, 3.63) is 48.6 Å². The summed E-state index contributed by atoms with van der Waals surface area (Å²) in [4.78, 5) is 45.9. The highest BCUT2D eigenvalue weighted by Gasteiger charge is 2.28. The molecule has 0 fully saturated rings. The van der Waals surface area contributed by atoms with E-state index in [9.17, 15) is 23.8 Å². The van der Waals surface area contributed by atoms with E-state index < -0.39 is 51.1 Å². The molecule has 11 nitrogen and oxygen atoms in total. The first-order valence-electron chi connectivity index (χ1n) is 20.7. The molecule has 0 aliphatic carbocycles. The zero-order chi connectivity index (χ0) is 40.0. The topological polar surface area (TPSA) is 172 Å². The summed E-state index contributed by atoms with van der Waals surface area (Å²) >= 11 is 0. The van der Waals surface area contributed by atoms with Crippen molar-refractivity contribution in [1.82, 2.24) is 0 Å². The van der Waals surface area contributed by atoms with Crippen LogP contribution in [0.3, 0.4) is 0 Å². The predicted molar refractivity (Wildman–Crippen MR) is 217 cm³/mol. The number of aliphatic carboxylic acids is 1. The van der Waals surface area contributed by atoms with Crippen molar-refractivity contribution in [3.8, 4) is 0 Å². The highest BCUT2D eigenvalue weighted by atomic mass is 31.2. The second-order valence-corrected chi connectivity index (χ2v) is 15.2. The Balaban J connectivity index is 4.43. The number of carboxylic acid groups (broad SMARTS) is 1. The van der Waals surface area contributed by atoms with E-state index in [-0.39, 0.29) is 19.4 Å². The maximum Gasteiger partial charge on any atom is 0.472 e. The number of ether oxygens (including phenoxy) is 2. The molecule has 0 aliphatic heterocycles. The number of carboxylic acids is 1. The van der Waals surface area contributed by atoms with E-state index in [0.717, 1.165) is 83.5 Å². The van der Waals surface area contributed by atoms with Crippen LogP contribution in [-0.4, -0.2) is 59.9 Å². The first-order chi connectivity index (χ1) is 26.1. The lowest BCUT2D eigenvalue weighted by Gasteiger charge is -2.20. The second kappa shape index (κ2) is 37.4. The largest absolute Gasteiger partial charge is 0.480 e. The summed E-state index contributed by atoms with van der Waals surface area (Å²) in [6.07, 6.45) is 40.3. The normalized spacial score (nSPS) is 14.3. The van der Waals surface area contributed by atoms with Crippen molar-refractivity contribution in [2.75, 3.05) is 19.8 Å². The molecule has 12 heteroatoms. The van der Waals surface area contributed by atoms with E-state index in [1.165, 1.54) is 44.9 Å². The van der Waals surface area contributed by atoms with Gasteiger partial charge in [-0.25, -0.2) is 4.57 Å². The zero-order valence-electron chi connectivity index (χ0n) is 33.6. The number of hydrogen-bond acceptors (Lipinski definition) is 9. The third kappa shape index (κ3) is 36.4. The van der Waals surface area contributed by atoms with Gasteiger partial charge >= 0.3 is 25.7 Å². The van der Waals surface area contributed by atoms with Gasteiger partial charge in [0, 0.05) is 12.8 Å². The SMILES string of the molecule is CC/C=C/C/C=C/C/C=C/CCCCCCCC(=O)OC[C@H](COP(=O)(O)OC[C@H](N)C(=O)O)OC(=O)CCCCCCCCC/C=C/CCCCCC. The van der Waals surface area contributed by atoms with E-state index in [2.05, 4.69) is 67.0 Å². The fourth-order valence-electron chi connectivity index (χ4n) is 5.31. The van der Waals surface area contributed by atoms with Crippen molar-refractivity contribution in [3.63, 3.8) is 0 Å². The number of rotatable bonds is 38. The smallest absolute Gasteiger partial charge is 0.472 e. The van der Waals surface area contributed by atoms with Crippen LogP contribution in [0.2, 0.25) is 0 Å². The molecule has 0 saturated carbocycles. The van der Waals surface area contributed by atoms with Crippen molar-refractivity contribution >= 4 is 25.7 Å². The molecule has 0 spiro atoms. The Hall–Kier alpha value is -2.56. The molecule has 0 amide bonds. The third-order valence-electron chi connectivity index (χ3n) is 8.56. The molecule has 0 saturated heterocycles. The molecular weight excluding hydrogens is 709 g/mol. The van der Waals surface area contributed by atoms with Crippen molar-refractivity contribution in [2.45, 2.75) is 180 Å². The Bertz CT molecular complexity index is 1110. The lowest BCUT2D eigenvalue weighted by atomic mass is 10.1. The molecule has 0 rings (SSSR count). The van der Waals surface area contributed by atoms with Gasteiger partial charge in [0.15, 0.2) is 6.10 Å². The summed E-state index contributed by atoms with van der Waals surface area (Å²) in [7, 11) is -4.72. The standard InChI is InChI=1S/C42H74NO10P/c1-3-5-7-9-11-13-15-17-19-21-23-25-27-29-31-33-40(44)50-35-38(36-51-54(48,49)52-37-39(43)42(46)47)53-41(45)34-32-30-28-26-24-22-20-18-16-14-12-10-8-6-4-2/h5,7,11,13-14,16-17,19,38-39H,3-4,6,8-10,12,15,18,20-37,43H2,1-2H3,(H,46,47)(H,48,49)/b7-5+,13-11+,16-14+,19-17+/t38-,39+/m1/s1. The van der Waals surface area contributed by atoms with Crippen LogP contribution in [0.4, 0.5) is 0 Å². The number of phosphoric ester groups is 1. The van der Waals surface area contributed by atoms with Crippen LogP contribution in [0.5, 0.6) is 0 Å². The van der Waals surface area contributed by atoms with Gasteiger partial charge in [0.2, 0.25) is 0 Å². The fraction of sp³-hybridized carbons (Fsp3) is 0.738. The highest BCUT2D eigenvalue weighted by molar-refractivity contribution is 7.47. The summed E-state index contributed by atoms with van der Waals surface area (Å²) in [5.41, 5.74) is 5.32. The highest BCUT2D eigenvalue weighted by Crippen LogP contribution is 2.43. The van der Waals surface area contributed by atoms with Crippen LogP contribution < -0.4 is 5.73 Å². The van der Waals surface area contributed by atoms with Crippen LogP contribution in [0.15, 0.2) is 48.6 Å². The van der Waals surface area contributed by atoms with Crippen LogP contribution >= 0.6 is 7.82 Å². The van der Waals surface area contributed by atoms with E-state index in [4.69, 9.17) is 24.8 Å². The molecule has 1 unspecified atom stereocenters. The Morgan fingerprint density at radius 3 is 1.57 bits per heavy atom. The van der Waals surface area contributed by atoms with Crippen molar-refractivity contribution in [2.24, 2.45) is 5.73 Å². The summed E-state index contributed by atoms with van der Waals surface area (Å²) in [5.74, 6) is -2.41. The van der Waals surface area contributed by atoms with Crippen LogP contribution in [0.25, 0.3) is 0 Å². The Morgan fingerprint density at radius 1 is 0.593 bits per heavy atom. The summed E-state index contributed by atoms with van der Waals surface area (Å²) < 4.78 is 32.6. The minimum Gasteiger partial charge on any atom is -0.480 e. The van der Waals surface area contributed by atoms with E-state index in [1.54, 1.807) is 0 Å². The van der Waals surface area contributed by atoms with Gasteiger partial charge in [-0.1, -0.05) is 133 Å². The van der Waals surface area contributed by atoms with E-state index in [0.29, 0.717) is 12.8 Å². The molecule has 0 bridgehead atoms. The van der Waals surface area contributed by atoms with Crippen molar-refractivity contribution in [1.29, 1.82) is 0 Å². The molecular formula is C42H74NO10P. The molecule has 312 valence electrons. The van der Waals surface area contributed by atoms with Gasteiger partial charge in [0.05, 0.1) is 13.2 Å². The van der Waals surface area contributed by atoms with Gasteiger partial charge in [0.25, 0.3) is 0 Å². The van der Waals surface area contributed by atoms with Gasteiger partial charge in [-0.05, 0) is 70.6 Å². The third-order valence-corrected chi connectivity index (χ3v) is 9.51. The number of carbonyl (C=O) groups is 3. The fourth-order valence-corrected chi connectivity index (χ4v) is 6.09. The summed E-state index contributed by atoms with van der Waals surface area (Å²) in [6, 6.07) is -1.52. The zero-order valence-corrected chi connectivity index (χ0v) is 34.4. The average molecular weight is 784 g/mol. The number of phosphoric acid groups is 1. The minimum atomic E-state index is -4.72. The second-order valence-electron chi connectivity index (χ2n) is 13.7. The molecule has 0 aliphatic rings. The number of hydrogen-bond donors (Lipinski definition) is 3. The quantitative estimate of drug-likeness (QED) is 0.0235. The van der Waals surface area contributed by atoms with Gasteiger partial charge in [-0.2, -0.15) is 0 Å². The average Bonchev–Trinajstić information content (AvgIpc) is 3.14. The van der Waals surface area contributed by atoms with Crippen molar-refractivity contribution < 1.29 is 47.5 Å². The molecule has 54 heavy (non-hydrogen) atoms. The van der Waals surface area contributed by atoms with Gasteiger partial charge in [-0.15, -0.1) is 0 Å². The molecule has 0 heterocycles. The van der Waals surface area contributed by atoms with Gasteiger partial charge < -0.3 is 25.2 Å². The van der Waals surface area contributed by atoms with Gasteiger partial charge in [0.1, 0.15) is 12.6 Å². The minimum absolute atomic E-state index is 0.151. The Labute approximate surface area is 326 Å². The molecule has 4 N–H and O–H groups in total. The van der Waals surface area contributed by atoms with E-state index >= 15 is 0 Å². The number of nitrogens with two attached hydrogens (primary N) is 1. The predicted octanol–water partition coefficient (Wildman–Crippen LogP) is 10.6. The maximum atomic E-state index is 12.6. The molecule has 0 aromatic rings. The first kappa shape index (κ1) is 51.4. The molecule has 0 aromatic heterocycles. The van der Waals surface area contributed by atoms with Crippen LogP contribution in [0, 0.1) is 0 Å². The lowest BCUT2D eigenvalue weighted by Crippen LogP contribution is -2.34. The molecule has 3 atom stereocenters. The number of unbranched alkanes of at least 4 members (excludes halogenated alkanes) is 16. The summed E-state index contributed by atoms with van der Waals surface area (Å²) in [6.45, 7) is 2.64. The number of carbonyl (C=O) groups excluding carboxylic acids is 2. The Kier molecular flexibility index (Phi) is 35.6. The maximum absolute atomic E-state index is 12.6. The van der Waals surface area contributed by atoms with E-state index in [1.807, 2.05) is 0 Å². The molecule has 0 aromatic carbocycles.